The molecule has 0 aliphatic heterocycles. The van der Waals surface area contributed by atoms with E-state index in [9.17, 15) is 0 Å². The molecule has 0 amide bonds. The van der Waals surface area contributed by atoms with Crippen LogP contribution in [-0.2, 0) is 0 Å². The normalized spacial score (nSPS) is 10.5. The third-order valence-electron chi connectivity index (χ3n) is 1.95. The van der Waals surface area contributed by atoms with Crippen molar-refractivity contribution in [2.24, 2.45) is 0 Å². The highest BCUT2D eigenvalue weighted by Gasteiger charge is 1.99. The molecule has 0 atom stereocenters. The van der Waals surface area contributed by atoms with E-state index in [0.717, 1.165) is 4.47 Å². The van der Waals surface area contributed by atoms with Crippen LogP contribution in [0.1, 0.15) is 5.56 Å². The van der Waals surface area contributed by atoms with Crippen molar-refractivity contribution in [1.82, 2.24) is 4.98 Å². The van der Waals surface area contributed by atoms with Crippen LogP contribution in [0, 0.1) is 6.92 Å². The summed E-state index contributed by atoms with van der Waals surface area (Å²) in [7, 11) is 0. The summed E-state index contributed by atoms with van der Waals surface area (Å²) in [4.78, 5) is 4.11. The van der Waals surface area contributed by atoms with Gasteiger partial charge < -0.3 is 0 Å². The summed E-state index contributed by atoms with van der Waals surface area (Å²) < 4.78 is 1.07. The van der Waals surface area contributed by atoms with Crippen molar-refractivity contribution in [2.45, 2.75) is 6.92 Å². The second-order valence-electron chi connectivity index (χ2n) is 2.79. The Morgan fingerprint density at radius 1 is 1.25 bits per heavy atom. The molecule has 1 aromatic carbocycles. The van der Waals surface area contributed by atoms with Crippen molar-refractivity contribution >= 4 is 26.7 Å². The molecule has 2 heteroatoms. The Kier molecular flexibility index (Phi) is 1.85. The summed E-state index contributed by atoms with van der Waals surface area (Å²) in [5.41, 5.74) is 1.28. The zero-order chi connectivity index (χ0) is 8.55. The third kappa shape index (κ3) is 1.12. The number of aromatic nitrogens is 1. The van der Waals surface area contributed by atoms with Gasteiger partial charge >= 0.3 is 0 Å². The van der Waals surface area contributed by atoms with Crippen molar-refractivity contribution in [3.05, 3.63) is 40.6 Å². The van der Waals surface area contributed by atoms with Crippen LogP contribution in [0.15, 0.2) is 35.1 Å². The minimum atomic E-state index is 1.07. The van der Waals surface area contributed by atoms with Gasteiger partial charge in [-0.1, -0.05) is 18.2 Å². The fourth-order valence-corrected chi connectivity index (χ4v) is 2.03. The lowest BCUT2D eigenvalue weighted by Crippen LogP contribution is -1.81. The maximum Gasteiger partial charge on any atom is 0.0439 e. The smallest absolute Gasteiger partial charge is 0.0439 e. The second kappa shape index (κ2) is 2.87. The summed E-state index contributed by atoms with van der Waals surface area (Å²) in [6.07, 6.45) is 3.71. The molecule has 0 saturated heterocycles. The van der Waals surface area contributed by atoms with Gasteiger partial charge in [0, 0.05) is 27.6 Å². The average Bonchev–Trinajstić information content (AvgIpc) is 2.04. The zero-order valence-corrected chi connectivity index (χ0v) is 8.30. The largest absolute Gasteiger partial charge is 0.263 e. The number of fused-ring (bicyclic) bond motifs is 1. The highest BCUT2D eigenvalue weighted by molar-refractivity contribution is 9.10. The number of halogens is 1. The Hall–Kier alpha value is -0.890. The molecule has 0 fully saturated rings. The topological polar surface area (TPSA) is 12.9 Å². The summed E-state index contributed by atoms with van der Waals surface area (Å²) >= 11 is 3.49. The van der Waals surface area contributed by atoms with Crippen molar-refractivity contribution in [1.29, 1.82) is 0 Å². The van der Waals surface area contributed by atoms with Gasteiger partial charge in [-0.25, -0.2) is 0 Å². The van der Waals surface area contributed by atoms with Gasteiger partial charge in [0.15, 0.2) is 0 Å². The minimum absolute atomic E-state index is 1.07. The predicted octanol–water partition coefficient (Wildman–Crippen LogP) is 3.31. The van der Waals surface area contributed by atoms with Crippen molar-refractivity contribution in [3.8, 4) is 0 Å². The molecule has 0 bridgehead atoms. The van der Waals surface area contributed by atoms with E-state index in [1.807, 2.05) is 18.5 Å². The average molecular weight is 224 g/mol. The number of pyridine rings is 1. The van der Waals surface area contributed by atoms with E-state index in [2.05, 4.69) is 40.0 Å². The van der Waals surface area contributed by atoms with Gasteiger partial charge in [-0.2, -0.15) is 0 Å². The number of benzene rings is 1. The third-order valence-corrected chi connectivity index (χ3v) is 2.55. The van der Waals surface area contributed by atoms with Crippen LogP contribution < -0.4 is 0 Å². The summed E-state index contributed by atoms with van der Waals surface area (Å²) in [5, 5.41) is 2.44. The predicted molar refractivity (Wildman–Crippen MR) is 54.2 cm³/mol. The second-order valence-corrected chi connectivity index (χ2v) is 3.65. The Bertz CT molecular complexity index is 386. The van der Waals surface area contributed by atoms with Gasteiger partial charge in [-0.05, 0) is 28.4 Å². The summed E-state index contributed by atoms with van der Waals surface area (Å²) in [6.45, 7) is 2.10. The van der Waals surface area contributed by atoms with Crippen LogP contribution in [0.25, 0.3) is 10.8 Å². The van der Waals surface area contributed by atoms with E-state index < -0.39 is 0 Å². The van der Waals surface area contributed by atoms with Gasteiger partial charge in [0.2, 0.25) is 0 Å². The van der Waals surface area contributed by atoms with Crippen LogP contribution in [-0.4, -0.2) is 4.98 Å². The monoisotopic (exact) mass is 223 g/mol. The lowest BCUT2D eigenvalue weighted by atomic mass is 10.1. The van der Waals surface area contributed by atoms with Crippen LogP contribution in [0.3, 0.4) is 0 Å². The molecule has 12 heavy (non-hydrogen) atoms. The molecule has 0 radical (unpaired) electrons. The molecule has 0 aliphatic rings. The lowest BCUT2D eigenvalue weighted by molar-refractivity contribution is 1.34. The molecule has 0 aliphatic carbocycles. The fraction of sp³-hybridized carbons (Fsp3) is 0.100. The SMILES string of the molecule is [14CH3]c1cccc2cncc(Br)c12. The highest BCUT2D eigenvalue weighted by Crippen LogP contribution is 2.25. The maximum atomic E-state index is 4.11. The van der Waals surface area contributed by atoms with Crippen LogP contribution in [0.4, 0.5) is 0 Å². The zero-order valence-electron chi connectivity index (χ0n) is 6.71. The standard InChI is InChI=1S/C10H8BrN/c1-7-3-2-4-8-5-12-6-9(11)10(7)8/h2-6H,1H3/i1+2. The van der Waals surface area contributed by atoms with Crippen molar-refractivity contribution in [3.63, 3.8) is 0 Å². The Morgan fingerprint density at radius 2 is 2.08 bits per heavy atom. The molecule has 1 heterocycles. The molecule has 2 aromatic rings. The molecule has 0 spiro atoms. The number of nitrogens with zero attached hydrogens (tertiary/aromatic N) is 1. The van der Waals surface area contributed by atoms with E-state index in [4.69, 9.17) is 0 Å². The first-order valence-electron chi connectivity index (χ1n) is 3.78. The molecule has 60 valence electrons. The number of hydrogen-bond donors (Lipinski definition) is 0. The van der Waals surface area contributed by atoms with E-state index in [-0.39, 0.29) is 0 Å². The highest BCUT2D eigenvalue weighted by atomic mass is 79.9. The molecular weight excluding hydrogens is 216 g/mol. The van der Waals surface area contributed by atoms with E-state index in [0.29, 0.717) is 0 Å². The Labute approximate surface area is 79.6 Å². The molecule has 1 aromatic heterocycles. The van der Waals surface area contributed by atoms with E-state index in [1.54, 1.807) is 0 Å². The Morgan fingerprint density at radius 3 is 2.83 bits per heavy atom. The van der Waals surface area contributed by atoms with Gasteiger partial charge in [-0.3, -0.25) is 4.98 Å². The van der Waals surface area contributed by atoms with E-state index in [1.165, 1.54) is 16.3 Å². The van der Waals surface area contributed by atoms with Crippen LogP contribution in [0.5, 0.6) is 0 Å². The number of aryl methyl sites for hydroxylation is 1. The Balaban J connectivity index is 2.96. The van der Waals surface area contributed by atoms with Gasteiger partial charge in [0.05, 0.1) is 0 Å². The summed E-state index contributed by atoms with van der Waals surface area (Å²) in [5.74, 6) is 0. The lowest BCUT2D eigenvalue weighted by Gasteiger charge is -2.02. The van der Waals surface area contributed by atoms with Gasteiger partial charge in [-0.15, -0.1) is 0 Å². The quantitative estimate of drug-likeness (QED) is 0.668. The molecule has 0 unspecified atom stereocenters. The van der Waals surface area contributed by atoms with Gasteiger partial charge in [0.1, 0.15) is 0 Å². The summed E-state index contributed by atoms with van der Waals surface area (Å²) in [6, 6.07) is 6.22. The first-order valence-corrected chi connectivity index (χ1v) is 4.57. The first-order chi connectivity index (χ1) is 5.79. The van der Waals surface area contributed by atoms with Crippen LogP contribution in [0.2, 0.25) is 0 Å². The van der Waals surface area contributed by atoms with Gasteiger partial charge in [0.25, 0.3) is 0 Å². The molecule has 1 nitrogen and oxygen atoms in total. The van der Waals surface area contributed by atoms with E-state index >= 15 is 0 Å². The van der Waals surface area contributed by atoms with Crippen molar-refractivity contribution in [2.75, 3.05) is 0 Å². The first kappa shape index (κ1) is 7.74. The maximum absolute atomic E-state index is 4.11. The minimum Gasteiger partial charge on any atom is -0.263 e. The molecule has 0 saturated carbocycles. The molecule has 2 rings (SSSR count). The van der Waals surface area contributed by atoms with Crippen molar-refractivity contribution < 1.29 is 0 Å². The number of rotatable bonds is 0. The van der Waals surface area contributed by atoms with Crippen LogP contribution >= 0.6 is 15.9 Å². The number of hydrogen-bond acceptors (Lipinski definition) is 1. The fourth-order valence-electron chi connectivity index (χ4n) is 1.37. The molecular formula is C10H8BrN. The molecule has 0 N–H and O–H groups in total.